The first-order valence-electron chi connectivity index (χ1n) is 13.4. The molecule has 10 heteroatoms. The fraction of sp³-hybridized carbons (Fsp3) is 0.367. The van der Waals surface area contributed by atoms with Crippen LogP contribution in [0.4, 0.5) is 5.69 Å². The van der Waals surface area contributed by atoms with Crippen molar-refractivity contribution < 1.29 is 28.5 Å². The van der Waals surface area contributed by atoms with E-state index in [2.05, 4.69) is 4.90 Å². The molecule has 1 atom stereocenters. The molecular weight excluding hydrogens is 530 g/mol. The molecule has 212 valence electrons. The summed E-state index contributed by atoms with van der Waals surface area (Å²) in [5.41, 5.74) is 7.59. The highest BCUT2D eigenvalue weighted by Crippen LogP contribution is 2.48. The summed E-state index contributed by atoms with van der Waals surface area (Å²) in [4.78, 5) is 18.4. The summed E-state index contributed by atoms with van der Waals surface area (Å²) in [5.74, 6) is 3.58. The molecule has 0 saturated carbocycles. The number of methoxy groups -OCH3 is 1. The quantitative estimate of drug-likeness (QED) is 0.304. The van der Waals surface area contributed by atoms with Gasteiger partial charge in [-0.3, -0.25) is 9.69 Å². The molecule has 5 rings (SSSR count). The number of benzene rings is 3. The van der Waals surface area contributed by atoms with Crippen LogP contribution >= 0.6 is 11.8 Å². The largest absolute Gasteiger partial charge is 0.497 e. The van der Waals surface area contributed by atoms with Crippen molar-refractivity contribution in [3.05, 3.63) is 66.2 Å². The molecule has 40 heavy (non-hydrogen) atoms. The Balaban J connectivity index is 1.17. The Hall–Kier alpha value is -3.60. The van der Waals surface area contributed by atoms with Gasteiger partial charge in [0.05, 0.1) is 19.4 Å². The maximum Gasteiger partial charge on any atom is 0.244 e. The number of nitrogens with zero attached hydrogens (tertiary/aromatic N) is 2. The number of fused-ring (bicyclic) bond motifs is 2. The molecule has 2 heterocycles. The van der Waals surface area contributed by atoms with Crippen LogP contribution in [0.15, 0.2) is 65.6 Å². The number of anilines is 1. The smallest absolute Gasteiger partial charge is 0.244 e. The summed E-state index contributed by atoms with van der Waals surface area (Å²) in [6.45, 7) is 4.13. The van der Waals surface area contributed by atoms with Gasteiger partial charge in [0.2, 0.25) is 12.7 Å². The first-order chi connectivity index (χ1) is 19.6. The van der Waals surface area contributed by atoms with Gasteiger partial charge in [-0.25, -0.2) is 0 Å². The number of ether oxygens (including phenoxy) is 5. The molecule has 0 saturated heterocycles. The summed E-state index contributed by atoms with van der Waals surface area (Å²) >= 11 is 1.54. The lowest BCUT2D eigenvalue weighted by molar-refractivity contribution is -0.118. The average molecular weight is 566 g/mol. The van der Waals surface area contributed by atoms with Crippen molar-refractivity contribution >= 4 is 23.4 Å². The molecule has 3 aromatic rings. The normalized spacial score (nSPS) is 15.8. The molecule has 0 fully saturated rings. The zero-order valence-corrected chi connectivity index (χ0v) is 23.7. The standard InChI is InChI=1S/C30H35N3O6S/c1-32-24-6-3-4-7-28(24)40-29(30(32)34)23-18-21(35-2)8-10-25(23)37-16-5-13-33(14-12-31)15-17-36-22-9-11-26-27(19-22)39-20-38-26/h3-4,6-11,18-19,29H,5,12-17,20,31H2,1-2H3/t29-/m1/s1. The zero-order chi connectivity index (χ0) is 27.9. The molecule has 0 radical (unpaired) electrons. The lowest BCUT2D eigenvalue weighted by atomic mass is 10.1. The summed E-state index contributed by atoms with van der Waals surface area (Å²) in [6.07, 6.45) is 0.796. The minimum absolute atomic E-state index is 0.0124. The number of para-hydroxylation sites is 1. The Kier molecular flexibility index (Phi) is 9.20. The van der Waals surface area contributed by atoms with Gasteiger partial charge in [-0.2, -0.15) is 0 Å². The van der Waals surface area contributed by atoms with Gasteiger partial charge in [0.15, 0.2) is 11.5 Å². The molecule has 2 aliphatic heterocycles. The molecule has 0 aliphatic carbocycles. The van der Waals surface area contributed by atoms with Gasteiger partial charge >= 0.3 is 0 Å². The first kappa shape index (κ1) is 27.9. The van der Waals surface area contributed by atoms with Gasteiger partial charge < -0.3 is 34.3 Å². The predicted molar refractivity (Wildman–Crippen MR) is 155 cm³/mol. The van der Waals surface area contributed by atoms with E-state index in [9.17, 15) is 4.79 Å². The number of carbonyl (C=O) groups excluding carboxylic acids is 1. The minimum atomic E-state index is -0.424. The van der Waals surface area contributed by atoms with E-state index >= 15 is 0 Å². The molecule has 3 aromatic carbocycles. The monoisotopic (exact) mass is 565 g/mol. The third-order valence-electron chi connectivity index (χ3n) is 6.87. The maximum absolute atomic E-state index is 13.4. The average Bonchev–Trinajstić information content (AvgIpc) is 3.45. The van der Waals surface area contributed by atoms with Gasteiger partial charge in [0, 0.05) is 49.8 Å². The van der Waals surface area contributed by atoms with Crippen LogP contribution in [0, 0.1) is 0 Å². The summed E-state index contributed by atoms with van der Waals surface area (Å²) in [7, 11) is 3.44. The molecule has 1 amide bonds. The number of nitrogens with two attached hydrogens (primary N) is 1. The molecule has 9 nitrogen and oxygen atoms in total. The Morgan fingerprint density at radius 2 is 1.80 bits per heavy atom. The third-order valence-corrected chi connectivity index (χ3v) is 8.16. The van der Waals surface area contributed by atoms with Crippen LogP contribution in [0.3, 0.4) is 0 Å². The molecule has 0 spiro atoms. The van der Waals surface area contributed by atoms with Gasteiger partial charge in [-0.05, 0) is 48.9 Å². The number of hydrogen-bond acceptors (Lipinski definition) is 9. The van der Waals surface area contributed by atoms with Gasteiger partial charge in [-0.15, -0.1) is 11.8 Å². The first-order valence-corrected chi connectivity index (χ1v) is 14.2. The van der Waals surface area contributed by atoms with Crippen molar-refractivity contribution in [3.8, 4) is 28.7 Å². The van der Waals surface area contributed by atoms with E-state index in [1.807, 2.05) is 67.7 Å². The topological polar surface area (TPSA) is 95.7 Å². The Labute approximate surface area is 239 Å². The number of carbonyl (C=O) groups is 1. The van der Waals surface area contributed by atoms with Crippen LogP contribution < -0.4 is 34.3 Å². The second kappa shape index (κ2) is 13.2. The van der Waals surface area contributed by atoms with Crippen molar-refractivity contribution in [2.45, 2.75) is 16.6 Å². The highest BCUT2D eigenvalue weighted by atomic mass is 32.2. The van der Waals surface area contributed by atoms with E-state index in [-0.39, 0.29) is 12.7 Å². The van der Waals surface area contributed by atoms with E-state index < -0.39 is 5.25 Å². The maximum atomic E-state index is 13.4. The van der Waals surface area contributed by atoms with Crippen LogP contribution in [0.2, 0.25) is 0 Å². The molecule has 2 aliphatic rings. The highest BCUT2D eigenvalue weighted by molar-refractivity contribution is 8.00. The van der Waals surface area contributed by atoms with Gasteiger partial charge in [0.1, 0.15) is 29.1 Å². The summed E-state index contributed by atoms with van der Waals surface area (Å²) < 4.78 is 28.4. The number of likely N-dealkylation sites (N-methyl/N-ethyl adjacent to an activating group) is 1. The number of hydrogen-bond donors (Lipinski definition) is 1. The zero-order valence-electron chi connectivity index (χ0n) is 22.8. The van der Waals surface area contributed by atoms with E-state index in [0.29, 0.717) is 37.0 Å². The summed E-state index contributed by atoms with van der Waals surface area (Å²) in [5, 5.41) is -0.424. The lowest BCUT2D eigenvalue weighted by Gasteiger charge is -2.32. The molecule has 0 unspecified atom stereocenters. The minimum Gasteiger partial charge on any atom is -0.497 e. The second-order valence-corrected chi connectivity index (χ2v) is 10.6. The van der Waals surface area contributed by atoms with E-state index in [0.717, 1.165) is 53.7 Å². The van der Waals surface area contributed by atoms with E-state index in [1.54, 1.807) is 23.8 Å². The van der Waals surface area contributed by atoms with Gasteiger partial charge in [-0.1, -0.05) is 12.1 Å². The van der Waals surface area contributed by atoms with Crippen LogP contribution in [-0.4, -0.2) is 71.2 Å². The highest BCUT2D eigenvalue weighted by Gasteiger charge is 2.34. The third kappa shape index (κ3) is 6.41. The molecular formula is C30H35N3O6S. The Morgan fingerprint density at radius 3 is 2.65 bits per heavy atom. The Bertz CT molecular complexity index is 1320. The van der Waals surface area contributed by atoms with Crippen LogP contribution in [-0.2, 0) is 4.79 Å². The van der Waals surface area contributed by atoms with Crippen molar-refractivity contribution in [3.63, 3.8) is 0 Å². The van der Waals surface area contributed by atoms with Crippen LogP contribution in [0.5, 0.6) is 28.7 Å². The van der Waals surface area contributed by atoms with Gasteiger partial charge in [0.25, 0.3) is 0 Å². The second-order valence-electron chi connectivity index (χ2n) is 9.46. The van der Waals surface area contributed by atoms with E-state index in [1.165, 1.54) is 0 Å². The molecule has 0 aromatic heterocycles. The molecule has 0 bridgehead atoms. The summed E-state index contributed by atoms with van der Waals surface area (Å²) in [6, 6.07) is 19.2. The van der Waals surface area contributed by atoms with Crippen molar-refractivity contribution in [2.75, 3.05) is 65.2 Å². The van der Waals surface area contributed by atoms with Crippen molar-refractivity contribution in [2.24, 2.45) is 5.73 Å². The fourth-order valence-corrected chi connectivity index (χ4v) is 6.05. The predicted octanol–water partition coefficient (Wildman–Crippen LogP) is 4.34. The van der Waals surface area contributed by atoms with Crippen molar-refractivity contribution in [1.82, 2.24) is 4.90 Å². The molecule has 2 N–H and O–H groups in total. The SMILES string of the molecule is COc1ccc(OCCCN(CCN)CCOc2ccc3c(c2)OCO3)c([C@H]2Sc3ccccc3N(C)C2=O)c1. The van der Waals surface area contributed by atoms with Crippen LogP contribution in [0.1, 0.15) is 17.2 Å². The van der Waals surface area contributed by atoms with Crippen molar-refractivity contribution in [1.29, 1.82) is 0 Å². The van der Waals surface area contributed by atoms with E-state index in [4.69, 9.17) is 29.4 Å². The number of thioether (sulfide) groups is 1. The lowest BCUT2D eigenvalue weighted by Crippen LogP contribution is -2.34. The number of rotatable bonds is 13. The Morgan fingerprint density at radius 1 is 0.975 bits per heavy atom. The number of amides is 1. The fourth-order valence-electron chi connectivity index (χ4n) is 4.74. The van der Waals surface area contributed by atoms with Crippen LogP contribution in [0.25, 0.3) is 0 Å².